The molecule has 0 spiro atoms. The predicted octanol–water partition coefficient (Wildman–Crippen LogP) is 0.727. The molecule has 1 aromatic carbocycles. The lowest BCUT2D eigenvalue weighted by molar-refractivity contribution is -0.153. The van der Waals surface area contributed by atoms with Crippen molar-refractivity contribution in [2.45, 2.75) is 31.9 Å². The maximum Gasteiger partial charge on any atom is 0.264 e. The Morgan fingerprint density at radius 1 is 1.40 bits per heavy atom. The van der Waals surface area contributed by atoms with E-state index < -0.39 is 11.6 Å². The van der Waals surface area contributed by atoms with E-state index in [1.165, 1.54) is 0 Å². The lowest BCUT2D eigenvalue weighted by atomic mass is 9.97. The van der Waals surface area contributed by atoms with Gasteiger partial charge < -0.3 is 15.0 Å². The first-order chi connectivity index (χ1) is 9.50. The summed E-state index contributed by atoms with van der Waals surface area (Å²) >= 11 is 0. The Bertz CT molecular complexity index is 543. The van der Waals surface area contributed by atoms with E-state index in [2.05, 4.69) is 5.32 Å². The molecule has 2 heterocycles. The number of piperazine rings is 1. The van der Waals surface area contributed by atoms with Crippen molar-refractivity contribution in [3.63, 3.8) is 0 Å². The molecule has 1 fully saturated rings. The fourth-order valence-corrected chi connectivity index (χ4v) is 2.78. The van der Waals surface area contributed by atoms with Crippen LogP contribution >= 0.6 is 0 Å². The van der Waals surface area contributed by atoms with Gasteiger partial charge in [0.25, 0.3) is 5.91 Å². The molecule has 2 aliphatic heterocycles. The second kappa shape index (κ2) is 4.51. The molecule has 1 atom stereocenters. The van der Waals surface area contributed by atoms with Crippen LogP contribution in [-0.2, 0) is 16.0 Å². The van der Waals surface area contributed by atoms with E-state index in [1.807, 2.05) is 24.3 Å². The standard InChI is InChI=1S/C15H18N2O3/c1-15(2)14(19)16-7-8-17(15)13(18)12-9-10-5-3-4-6-11(10)20-12/h3-6,12H,7-9H2,1-2H3,(H,16,19). The second-order valence-electron chi connectivity index (χ2n) is 5.72. The van der Waals surface area contributed by atoms with Crippen LogP contribution in [0.2, 0.25) is 0 Å². The third-order valence-electron chi connectivity index (χ3n) is 4.04. The van der Waals surface area contributed by atoms with Crippen LogP contribution in [0.4, 0.5) is 0 Å². The van der Waals surface area contributed by atoms with Crippen LogP contribution in [-0.4, -0.2) is 41.4 Å². The molecule has 1 saturated heterocycles. The molecule has 20 heavy (non-hydrogen) atoms. The van der Waals surface area contributed by atoms with Gasteiger partial charge in [-0.3, -0.25) is 9.59 Å². The number of amides is 2. The number of hydrogen-bond acceptors (Lipinski definition) is 3. The molecule has 106 valence electrons. The highest BCUT2D eigenvalue weighted by molar-refractivity contribution is 5.93. The second-order valence-corrected chi connectivity index (χ2v) is 5.72. The number of fused-ring (bicyclic) bond motifs is 1. The van der Waals surface area contributed by atoms with E-state index in [-0.39, 0.29) is 11.8 Å². The van der Waals surface area contributed by atoms with Crippen LogP contribution in [0, 0.1) is 0 Å². The van der Waals surface area contributed by atoms with Crippen LogP contribution < -0.4 is 10.1 Å². The third kappa shape index (κ3) is 1.94. The Morgan fingerprint density at radius 2 is 2.15 bits per heavy atom. The average Bonchev–Trinajstić information content (AvgIpc) is 2.85. The van der Waals surface area contributed by atoms with E-state index >= 15 is 0 Å². The SMILES string of the molecule is CC1(C)C(=O)NCCN1C(=O)C1Cc2ccccc2O1. The summed E-state index contributed by atoms with van der Waals surface area (Å²) in [7, 11) is 0. The van der Waals surface area contributed by atoms with Gasteiger partial charge in [0, 0.05) is 19.5 Å². The molecule has 5 heteroatoms. The largest absolute Gasteiger partial charge is 0.480 e. The van der Waals surface area contributed by atoms with Crippen molar-refractivity contribution in [1.82, 2.24) is 10.2 Å². The van der Waals surface area contributed by atoms with Crippen molar-refractivity contribution in [2.24, 2.45) is 0 Å². The molecule has 5 nitrogen and oxygen atoms in total. The van der Waals surface area contributed by atoms with Crippen molar-refractivity contribution in [3.8, 4) is 5.75 Å². The molecule has 1 N–H and O–H groups in total. The number of rotatable bonds is 1. The zero-order chi connectivity index (χ0) is 14.3. The third-order valence-corrected chi connectivity index (χ3v) is 4.04. The van der Waals surface area contributed by atoms with Crippen molar-refractivity contribution < 1.29 is 14.3 Å². The number of nitrogens with zero attached hydrogens (tertiary/aromatic N) is 1. The van der Waals surface area contributed by atoms with Crippen LogP contribution in [0.15, 0.2) is 24.3 Å². The molecule has 0 bridgehead atoms. The van der Waals surface area contributed by atoms with Gasteiger partial charge in [-0.15, -0.1) is 0 Å². The topological polar surface area (TPSA) is 58.6 Å². The molecular weight excluding hydrogens is 256 g/mol. The number of nitrogens with one attached hydrogen (secondary N) is 1. The summed E-state index contributed by atoms with van der Waals surface area (Å²) in [4.78, 5) is 26.2. The highest BCUT2D eigenvalue weighted by Crippen LogP contribution is 2.30. The number of ether oxygens (including phenoxy) is 1. The summed E-state index contributed by atoms with van der Waals surface area (Å²) in [5, 5.41) is 2.79. The van der Waals surface area contributed by atoms with Gasteiger partial charge in [0.2, 0.25) is 5.91 Å². The van der Waals surface area contributed by atoms with Crippen molar-refractivity contribution >= 4 is 11.8 Å². The fourth-order valence-electron chi connectivity index (χ4n) is 2.78. The lowest BCUT2D eigenvalue weighted by Gasteiger charge is -2.42. The molecule has 2 amide bonds. The van der Waals surface area contributed by atoms with Crippen LogP contribution in [0.5, 0.6) is 5.75 Å². The zero-order valence-electron chi connectivity index (χ0n) is 11.7. The Hall–Kier alpha value is -2.04. The normalized spacial score (nSPS) is 23.8. The van der Waals surface area contributed by atoms with Gasteiger partial charge in [-0.05, 0) is 25.5 Å². The van der Waals surface area contributed by atoms with Crippen LogP contribution in [0.3, 0.4) is 0 Å². The van der Waals surface area contributed by atoms with Gasteiger partial charge in [0.1, 0.15) is 11.3 Å². The molecule has 0 saturated carbocycles. The molecule has 0 radical (unpaired) electrons. The summed E-state index contributed by atoms with van der Waals surface area (Å²) in [6, 6.07) is 7.67. The number of carbonyl (C=O) groups excluding carboxylic acids is 2. The summed E-state index contributed by atoms with van der Waals surface area (Å²) in [5.74, 6) is 0.541. The smallest absolute Gasteiger partial charge is 0.264 e. The molecule has 0 aromatic heterocycles. The monoisotopic (exact) mass is 274 g/mol. The van der Waals surface area contributed by atoms with Gasteiger partial charge in [0.15, 0.2) is 6.10 Å². The Kier molecular flexibility index (Phi) is 2.92. The minimum atomic E-state index is -0.826. The quantitative estimate of drug-likeness (QED) is 0.821. The summed E-state index contributed by atoms with van der Waals surface area (Å²) in [6.07, 6.45) is 0.0565. The van der Waals surface area contributed by atoms with Crippen LogP contribution in [0.1, 0.15) is 19.4 Å². The first-order valence-corrected chi connectivity index (χ1v) is 6.84. The Morgan fingerprint density at radius 3 is 2.90 bits per heavy atom. The van der Waals surface area contributed by atoms with Crippen molar-refractivity contribution in [2.75, 3.05) is 13.1 Å². The van der Waals surface area contributed by atoms with E-state index in [1.54, 1.807) is 18.7 Å². The van der Waals surface area contributed by atoms with E-state index in [4.69, 9.17) is 4.74 Å². The maximum absolute atomic E-state index is 12.7. The van der Waals surface area contributed by atoms with Gasteiger partial charge in [-0.2, -0.15) is 0 Å². The minimum Gasteiger partial charge on any atom is -0.480 e. The predicted molar refractivity (Wildman–Crippen MR) is 73.4 cm³/mol. The molecule has 3 rings (SSSR count). The highest BCUT2D eigenvalue weighted by atomic mass is 16.5. The van der Waals surface area contributed by atoms with E-state index in [9.17, 15) is 9.59 Å². The summed E-state index contributed by atoms with van der Waals surface area (Å²) < 4.78 is 5.73. The zero-order valence-corrected chi connectivity index (χ0v) is 11.7. The van der Waals surface area contributed by atoms with Crippen molar-refractivity contribution in [3.05, 3.63) is 29.8 Å². The molecule has 0 aliphatic carbocycles. The molecule has 1 unspecified atom stereocenters. The first kappa shape index (κ1) is 13.0. The maximum atomic E-state index is 12.7. The van der Waals surface area contributed by atoms with E-state index in [0.717, 1.165) is 11.3 Å². The van der Waals surface area contributed by atoms with Crippen molar-refractivity contribution in [1.29, 1.82) is 0 Å². The van der Waals surface area contributed by atoms with Gasteiger partial charge >= 0.3 is 0 Å². The van der Waals surface area contributed by atoms with Gasteiger partial charge in [-0.25, -0.2) is 0 Å². The Balaban J connectivity index is 1.79. The number of benzene rings is 1. The molecule has 1 aromatic rings. The number of hydrogen-bond donors (Lipinski definition) is 1. The van der Waals surface area contributed by atoms with Gasteiger partial charge in [0.05, 0.1) is 0 Å². The minimum absolute atomic E-state index is 0.110. The average molecular weight is 274 g/mol. The van der Waals surface area contributed by atoms with Crippen LogP contribution in [0.25, 0.3) is 0 Å². The highest BCUT2D eigenvalue weighted by Gasteiger charge is 2.44. The molecule has 2 aliphatic rings. The Labute approximate surface area is 117 Å². The summed E-state index contributed by atoms with van der Waals surface area (Å²) in [5.41, 5.74) is 0.220. The fraction of sp³-hybridized carbons (Fsp3) is 0.467. The first-order valence-electron chi connectivity index (χ1n) is 6.84. The van der Waals surface area contributed by atoms with E-state index in [0.29, 0.717) is 19.5 Å². The number of carbonyl (C=O) groups is 2. The summed E-state index contributed by atoms with van der Waals surface area (Å²) in [6.45, 7) is 4.55. The lowest BCUT2D eigenvalue weighted by Crippen LogP contribution is -2.65. The molecular formula is C15H18N2O3. The van der Waals surface area contributed by atoms with Gasteiger partial charge in [-0.1, -0.05) is 18.2 Å². The number of para-hydroxylation sites is 1.